The van der Waals surface area contributed by atoms with Gasteiger partial charge < -0.3 is 5.73 Å². The van der Waals surface area contributed by atoms with E-state index in [-0.39, 0.29) is 5.91 Å². The Morgan fingerprint density at radius 1 is 1.34 bits per heavy atom. The maximum atomic E-state index is 12.9. The number of thiazole rings is 1. The van der Waals surface area contributed by atoms with E-state index in [4.69, 9.17) is 10.7 Å². The second kappa shape index (κ2) is 7.20. The summed E-state index contributed by atoms with van der Waals surface area (Å²) in [6.07, 6.45) is 6.63. The maximum Gasteiger partial charge on any atom is 0.269 e. The first-order chi connectivity index (χ1) is 14.1. The number of pyridine rings is 2. The number of anilines is 2. The number of amides is 1. The van der Waals surface area contributed by atoms with Gasteiger partial charge in [-0.2, -0.15) is 0 Å². The first-order valence-corrected chi connectivity index (χ1v) is 11.2. The molecule has 8 heteroatoms. The van der Waals surface area contributed by atoms with Gasteiger partial charge in [-0.25, -0.2) is 9.97 Å². The third-order valence-electron chi connectivity index (χ3n) is 5.22. The van der Waals surface area contributed by atoms with Crippen molar-refractivity contribution in [2.24, 2.45) is 5.92 Å². The zero-order valence-corrected chi connectivity index (χ0v) is 17.4. The Labute approximate surface area is 175 Å². The molecule has 3 N–H and O–H groups in total. The molecule has 0 aliphatic heterocycles. The van der Waals surface area contributed by atoms with E-state index in [1.54, 1.807) is 12.4 Å². The molecule has 6 nitrogen and oxygen atoms in total. The molecule has 146 valence electrons. The molecule has 0 bridgehead atoms. The molecule has 0 aromatic carbocycles. The van der Waals surface area contributed by atoms with E-state index >= 15 is 0 Å². The average Bonchev–Trinajstić information content (AvgIpc) is 3.32. The number of aromatic nitrogens is 3. The fourth-order valence-electron chi connectivity index (χ4n) is 3.67. The van der Waals surface area contributed by atoms with Crippen LogP contribution in [0.15, 0.2) is 36.0 Å². The Morgan fingerprint density at radius 3 is 3.07 bits per heavy atom. The van der Waals surface area contributed by atoms with Crippen LogP contribution in [-0.4, -0.2) is 20.9 Å². The predicted octanol–water partition coefficient (Wildman–Crippen LogP) is 4.77. The summed E-state index contributed by atoms with van der Waals surface area (Å²) in [5, 5.41) is 6.19. The summed E-state index contributed by atoms with van der Waals surface area (Å²) < 4.78 is 0. The highest BCUT2D eigenvalue weighted by atomic mass is 32.1. The quantitative estimate of drug-likeness (QED) is 0.497. The van der Waals surface area contributed by atoms with E-state index in [0.29, 0.717) is 21.6 Å². The molecule has 0 spiro atoms. The molecule has 29 heavy (non-hydrogen) atoms. The van der Waals surface area contributed by atoms with Gasteiger partial charge in [0.15, 0.2) is 5.13 Å². The first kappa shape index (κ1) is 18.2. The Bertz CT molecular complexity index is 1210. The highest BCUT2D eigenvalue weighted by Crippen LogP contribution is 2.37. The van der Waals surface area contributed by atoms with Crippen LogP contribution < -0.4 is 11.1 Å². The molecule has 1 aliphatic rings. The van der Waals surface area contributed by atoms with E-state index in [1.807, 2.05) is 17.5 Å². The number of nitrogen functional groups attached to an aromatic ring is 1. The number of thiophene rings is 1. The third kappa shape index (κ3) is 3.38. The fraction of sp³-hybridized carbons (Fsp3) is 0.238. The van der Waals surface area contributed by atoms with Crippen molar-refractivity contribution >= 4 is 49.6 Å². The second-order valence-electron chi connectivity index (χ2n) is 7.37. The van der Waals surface area contributed by atoms with E-state index in [9.17, 15) is 4.79 Å². The minimum absolute atomic E-state index is 0.246. The van der Waals surface area contributed by atoms with Gasteiger partial charge in [0.1, 0.15) is 9.71 Å². The normalized spacial score (nSPS) is 16.0. The zero-order chi connectivity index (χ0) is 20.0. The average molecular weight is 422 g/mol. The Hall–Kier alpha value is -2.84. The van der Waals surface area contributed by atoms with Crippen LogP contribution >= 0.6 is 22.7 Å². The Balaban J connectivity index is 1.43. The highest BCUT2D eigenvalue weighted by Gasteiger charge is 2.22. The highest BCUT2D eigenvalue weighted by molar-refractivity contribution is 7.21. The van der Waals surface area contributed by atoms with Crippen LogP contribution in [0.2, 0.25) is 0 Å². The SMILES string of the molecule is CC1CCc2nc3sc(C(=O)Nc4nc(-c5cccnc5)cs4)c(N)c3cc2C1. The number of rotatable bonds is 3. The van der Waals surface area contributed by atoms with Gasteiger partial charge in [0.2, 0.25) is 0 Å². The van der Waals surface area contributed by atoms with E-state index in [0.717, 1.165) is 46.4 Å². The summed E-state index contributed by atoms with van der Waals surface area (Å²) in [6, 6.07) is 5.92. The molecule has 1 atom stereocenters. The fourth-order valence-corrected chi connectivity index (χ4v) is 5.38. The number of aryl methyl sites for hydroxylation is 1. The second-order valence-corrected chi connectivity index (χ2v) is 9.23. The lowest BCUT2D eigenvalue weighted by atomic mass is 9.87. The van der Waals surface area contributed by atoms with Gasteiger partial charge in [-0.15, -0.1) is 22.7 Å². The van der Waals surface area contributed by atoms with Crippen molar-refractivity contribution in [2.45, 2.75) is 26.2 Å². The topological polar surface area (TPSA) is 93.8 Å². The molecule has 1 unspecified atom stereocenters. The molecule has 5 rings (SSSR count). The van der Waals surface area contributed by atoms with Gasteiger partial charge in [-0.05, 0) is 48.9 Å². The van der Waals surface area contributed by atoms with Crippen molar-refractivity contribution in [2.75, 3.05) is 11.1 Å². The van der Waals surface area contributed by atoms with Gasteiger partial charge in [-0.1, -0.05) is 6.92 Å². The lowest BCUT2D eigenvalue weighted by Crippen LogP contribution is -2.12. The lowest BCUT2D eigenvalue weighted by molar-refractivity contribution is 0.103. The van der Waals surface area contributed by atoms with Gasteiger partial charge >= 0.3 is 0 Å². The lowest BCUT2D eigenvalue weighted by Gasteiger charge is -2.20. The molecular formula is C21H19N5OS2. The standard InChI is InChI=1S/C21H19N5OS2/c1-11-4-5-15-13(7-11)8-14-17(22)18(29-20(14)24-15)19(27)26-21-25-16(10-28-21)12-3-2-6-23-9-12/h2-3,6,8-11H,4-5,7,22H2,1H3,(H,25,26,27). The maximum absolute atomic E-state index is 12.9. The van der Waals surface area contributed by atoms with Crippen molar-refractivity contribution in [1.29, 1.82) is 0 Å². The molecule has 4 aromatic rings. The predicted molar refractivity (Wildman–Crippen MR) is 119 cm³/mol. The van der Waals surface area contributed by atoms with Crippen LogP contribution in [0.25, 0.3) is 21.5 Å². The van der Waals surface area contributed by atoms with Crippen LogP contribution in [0.3, 0.4) is 0 Å². The summed E-state index contributed by atoms with van der Waals surface area (Å²) in [6.45, 7) is 2.26. The monoisotopic (exact) mass is 421 g/mol. The number of carbonyl (C=O) groups is 1. The van der Waals surface area contributed by atoms with Crippen LogP contribution in [0.5, 0.6) is 0 Å². The number of carbonyl (C=O) groups excluding carboxylic acids is 1. The van der Waals surface area contributed by atoms with Crippen LogP contribution in [0.1, 0.15) is 34.3 Å². The smallest absolute Gasteiger partial charge is 0.269 e. The molecule has 0 fully saturated rings. The minimum atomic E-state index is -0.246. The number of nitrogens with one attached hydrogen (secondary N) is 1. The molecule has 0 saturated heterocycles. The summed E-state index contributed by atoms with van der Waals surface area (Å²) in [4.78, 5) is 27.6. The largest absolute Gasteiger partial charge is 0.397 e. The minimum Gasteiger partial charge on any atom is -0.397 e. The number of fused-ring (bicyclic) bond motifs is 2. The Kier molecular flexibility index (Phi) is 4.52. The molecule has 1 amide bonds. The van der Waals surface area contributed by atoms with Gasteiger partial charge in [-0.3, -0.25) is 15.1 Å². The Morgan fingerprint density at radius 2 is 2.24 bits per heavy atom. The van der Waals surface area contributed by atoms with Crippen molar-refractivity contribution in [1.82, 2.24) is 15.0 Å². The molecular weight excluding hydrogens is 402 g/mol. The van der Waals surface area contributed by atoms with Crippen LogP contribution in [-0.2, 0) is 12.8 Å². The number of hydrogen-bond donors (Lipinski definition) is 2. The third-order valence-corrected chi connectivity index (χ3v) is 7.09. The zero-order valence-electron chi connectivity index (χ0n) is 15.8. The summed E-state index contributed by atoms with van der Waals surface area (Å²) in [5.41, 5.74) is 10.9. The summed E-state index contributed by atoms with van der Waals surface area (Å²) in [7, 11) is 0. The van der Waals surface area contributed by atoms with Crippen molar-refractivity contribution in [3.05, 3.63) is 52.1 Å². The number of nitrogens with zero attached hydrogens (tertiary/aromatic N) is 3. The van der Waals surface area contributed by atoms with Crippen molar-refractivity contribution in [3.63, 3.8) is 0 Å². The van der Waals surface area contributed by atoms with E-state index in [2.05, 4.69) is 28.3 Å². The van der Waals surface area contributed by atoms with Crippen LogP contribution in [0, 0.1) is 5.92 Å². The van der Waals surface area contributed by atoms with E-state index in [1.165, 1.54) is 28.2 Å². The summed E-state index contributed by atoms with van der Waals surface area (Å²) >= 11 is 2.72. The summed E-state index contributed by atoms with van der Waals surface area (Å²) in [5.74, 6) is 0.409. The van der Waals surface area contributed by atoms with E-state index < -0.39 is 0 Å². The van der Waals surface area contributed by atoms with Crippen molar-refractivity contribution < 1.29 is 4.79 Å². The molecule has 0 radical (unpaired) electrons. The first-order valence-electron chi connectivity index (χ1n) is 9.46. The molecule has 1 aliphatic carbocycles. The number of nitrogens with two attached hydrogens (primary N) is 1. The number of hydrogen-bond acceptors (Lipinski definition) is 7. The molecule has 0 saturated carbocycles. The van der Waals surface area contributed by atoms with Crippen molar-refractivity contribution in [3.8, 4) is 11.3 Å². The van der Waals surface area contributed by atoms with Gasteiger partial charge in [0, 0.05) is 34.4 Å². The van der Waals surface area contributed by atoms with Gasteiger partial charge in [0.05, 0.1) is 11.4 Å². The molecule has 4 aromatic heterocycles. The van der Waals surface area contributed by atoms with Gasteiger partial charge in [0.25, 0.3) is 5.91 Å². The molecule has 4 heterocycles. The van der Waals surface area contributed by atoms with Crippen LogP contribution in [0.4, 0.5) is 10.8 Å².